The van der Waals surface area contributed by atoms with Crippen molar-refractivity contribution in [3.8, 4) is 0 Å². The summed E-state index contributed by atoms with van der Waals surface area (Å²) >= 11 is 0. The predicted octanol–water partition coefficient (Wildman–Crippen LogP) is 2.18. The Bertz CT molecular complexity index is 267. The van der Waals surface area contributed by atoms with E-state index in [4.69, 9.17) is 0 Å². The maximum Gasteiger partial charge on any atom is 0.0407 e. The highest BCUT2D eigenvalue weighted by atomic mass is 15.1. The van der Waals surface area contributed by atoms with Gasteiger partial charge in [-0.3, -0.25) is 0 Å². The number of benzene rings is 1. The van der Waals surface area contributed by atoms with Gasteiger partial charge in [0.1, 0.15) is 0 Å². The predicted molar refractivity (Wildman–Crippen MR) is 49.5 cm³/mol. The maximum absolute atomic E-state index is 3.16. The Kier molecular flexibility index (Phi) is 1.23. The lowest BCUT2D eigenvalue weighted by Gasteiger charge is -2.42. The van der Waals surface area contributed by atoms with Crippen molar-refractivity contribution in [3.05, 3.63) is 29.8 Å². The molecule has 1 nitrogen and oxygen atoms in total. The third-order valence-electron chi connectivity index (χ3n) is 3.15. The fraction of sp³-hybridized carbons (Fsp3) is 0.455. The molecule has 3 heterocycles. The number of rotatable bonds is 0. The van der Waals surface area contributed by atoms with Crippen LogP contribution in [0.2, 0.25) is 0 Å². The van der Waals surface area contributed by atoms with Crippen LogP contribution < -0.4 is 4.90 Å². The normalized spacial score (nSPS) is 21.2. The van der Waals surface area contributed by atoms with Gasteiger partial charge < -0.3 is 4.90 Å². The molecule has 1 saturated heterocycles. The first-order chi connectivity index (χ1) is 5.95. The first kappa shape index (κ1) is 6.53. The van der Waals surface area contributed by atoms with E-state index in [1.165, 1.54) is 31.6 Å². The molecule has 1 aromatic carbocycles. The minimum Gasteiger partial charge on any atom is -0.371 e. The Hall–Kier alpha value is -0.980. The van der Waals surface area contributed by atoms with E-state index < -0.39 is 0 Å². The standard InChI is InChI=1S/C11H12N/c1-2-4-11-10(3-1)9-5-7-12(11)8-6-9/h1,3-4,9H,5-8H2. The van der Waals surface area contributed by atoms with Crippen molar-refractivity contribution in [2.45, 2.75) is 18.8 Å². The number of nitrogens with zero attached hydrogens (tertiary/aromatic N) is 1. The Balaban J connectivity index is 2.19. The van der Waals surface area contributed by atoms with Crippen LogP contribution in [0.5, 0.6) is 0 Å². The van der Waals surface area contributed by atoms with E-state index in [0.29, 0.717) is 0 Å². The molecule has 12 heavy (non-hydrogen) atoms. The lowest BCUT2D eigenvalue weighted by molar-refractivity contribution is 0.475. The molecule has 0 unspecified atom stereocenters. The number of anilines is 1. The SMILES string of the molecule is [c]1ccc2c(c1)N1CCC2CC1. The van der Waals surface area contributed by atoms with Crippen LogP contribution in [0, 0.1) is 6.07 Å². The van der Waals surface area contributed by atoms with Gasteiger partial charge in [0.2, 0.25) is 0 Å². The molecule has 1 aromatic rings. The summed E-state index contributed by atoms with van der Waals surface area (Å²) in [6.45, 7) is 2.52. The summed E-state index contributed by atoms with van der Waals surface area (Å²) in [6, 6.07) is 9.59. The molecule has 61 valence electrons. The van der Waals surface area contributed by atoms with Gasteiger partial charge in [0.15, 0.2) is 0 Å². The van der Waals surface area contributed by atoms with Crippen LogP contribution in [0.3, 0.4) is 0 Å². The second-order valence-corrected chi connectivity index (χ2v) is 3.75. The van der Waals surface area contributed by atoms with E-state index in [1.54, 1.807) is 5.56 Å². The molecule has 0 amide bonds. The summed E-state index contributed by atoms with van der Waals surface area (Å²) in [7, 11) is 0. The molecule has 2 bridgehead atoms. The lowest BCUT2D eigenvalue weighted by Crippen LogP contribution is -2.38. The van der Waals surface area contributed by atoms with Gasteiger partial charge in [0, 0.05) is 18.8 Å². The van der Waals surface area contributed by atoms with Gasteiger partial charge in [-0.15, -0.1) is 0 Å². The van der Waals surface area contributed by atoms with Crippen molar-refractivity contribution in [2.75, 3.05) is 18.0 Å². The second-order valence-electron chi connectivity index (χ2n) is 3.75. The number of piperidine rings is 1. The average molecular weight is 158 g/mol. The first-order valence-electron chi connectivity index (χ1n) is 4.70. The molecule has 0 atom stereocenters. The fourth-order valence-electron chi connectivity index (χ4n) is 2.48. The molecule has 0 spiro atoms. The summed E-state index contributed by atoms with van der Waals surface area (Å²) in [5, 5.41) is 0. The van der Waals surface area contributed by atoms with Gasteiger partial charge in [-0.05, 0) is 36.5 Å². The molecule has 0 aromatic heterocycles. The van der Waals surface area contributed by atoms with E-state index in [1.807, 2.05) is 6.07 Å². The highest BCUT2D eigenvalue weighted by Crippen LogP contribution is 2.41. The van der Waals surface area contributed by atoms with E-state index in [9.17, 15) is 0 Å². The first-order valence-corrected chi connectivity index (χ1v) is 4.70. The summed E-state index contributed by atoms with van der Waals surface area (Å²) in [6.07, 6.45) is 2.72. The third kappa shape index (κ3) is 0.739. The molecule has 3 aliphatic heterocycles. The van der Waals surface area contributed by atoms with E-state index >= 15 is 0 Å². The zero-order chi connectivity index (χ0) is 7.97. The molecule has 0 N–H and O–H groups in total. The van der Waals surface area contributed by atoms with Gasteiger partial charge >= 0.3 is 0 Å². The Morgan fingerprint density at radius 1 is 1.33 bits per heavy atom. The molecule has 0 saturated carbocycles. The average Bonchev–Trinajstić information content (AvgIpc) is 2.20. The largest absolute Gasteiger partial charge is 0.371 e. The summed E-state index contributed by atoms with van der Waals surface area (Å²) in [4.78, 5) is 2.49. The number of fused-ring (bicyclic) bond motifs is 2. The zero-order valence-corrected chi connectivity index (χ0v) is 7.09. The molecular formula is C11H12N. The van der Waals surface area contributed by atoms with Crippen LogP contribution in [0.4, 0.5) is 5.69 Å². The number of hydrogen-bond donors (Lipinski definition) is 0. The van der Waals surface area contributed by atoms with Crippen molar-refractivity contribution in [1.82, 2.24) is 0 Å². The molecule has 4 rings (SSSR count). The Labute approximate surface area is 73.0 Å². The Morgan fingerprint density at radius 3 is 2.92 bits per heavy atom. The summed E-state index contributed by atoms with van der Waals surface area (Å²) in [5.41, 5.74) is 3.01. The van der Waals surface area contributed by atoms with E-state index in [0.717, 1.165) is 5.92 Å². The van der Waals surface area contributed by atoms with Crippen LogP contribution in [-0.4, -0.2) is 13.1 Å². The van der Waals surface area contributed by atoms with Gasteiger partial charge in [0.05, 0.1) is 0 Å². The van der Waals surface area contributed by atoms with Crippen molar-refractivity contribution < 1.29 is 0 Å². The molecular weight excluding hydrogens is 146 g/mol. The smallest absolute Gasteiger partial charge is 0.0407 e. The quantitative estimate of drug-likeness (QED) is 0.559. The molecule has 1 radical (unpaired) electrons. The van der Waals surface area contributed by atoms with E-state index in [2.05, 4.69) is 23.1 Å². The second kappa shape index (κ2) is 2.25. The minimum absolute atomic E-state index is 0.847. The number of hydrogen-bond acceptors (Lipinski definition) is 1. The monoisotopic (exact) mass is 158 g/mol. The van der Waals surface area contributed by atoms with Crippen LogP contribution in [0.25, 0.3) is 0 Å². The van der Waals surface area contributed by atoms with Crippen molar-refractivity contribution in [3.63, 3.8) is 0 Å². The highest BCUT2D eigenvalue weighted by Gasteiger charge is 2.29. The molecule has 0 aliphatic carbocycles. The van der Waals surface area contributed by atoms with Gasteiger partial charge in [0.25, 0.3) is 0 Å². The van der Waals surface area contributed by atoms with Crippen LogP contribution in [0.15, 0.2) is 18.2 Å². The van der Waals surface area contributed by atoms with Crippen molar-refractivity contribution in [2.24, 2.45) is 0 Å². The molecule has 1 heteroatoms. The topological polar surface area (TPSA) is 3.24 Å². The third-order valence-corrected chi connectivity index (χ3v) is 3.15. The lowest BCUT2D eigenvalue weighted by atomic mass is 9.83. The summed E-state index contributed by atoms with van der Waals surface area (Å²) < 4.78 is 0. The molecule has 3 aliphatic rings. The Morgan fingerprint density at radius 2 is 2.17 bits per heavy atom. The zero-order valence-electron chi connectivity index (χ0n) is 7.09. The highest BCUT2D eigenvalue weighted by molar-refractivity contribution is 5.58. The van der Waals surface area contributed by atoms with Crippen molar-refractivity contribution >= 4 is 5.69 Å². The van der Waals surface area contributed by atoms with Gasteiger partial charge in [-0.25, -0.2) is 0 Å². The van der Waals surface area contributed by atoms with Crippen molar-refractivity contribution in [1.29, 1.82) is 0 Å². The van der Waals surface area contributed by atoms with Crippen LogP contribution >= 0.6 is 0 Å². The van der Waals surface area contributed by atoms with E-state index in [-0.39, 0.29) is 0 Å². The van der Waals surface area contributed by atoms with Crippen LogP contribution in [-0.2, 0) is 0 Å². The van der Waals surface area contributed by atoms with Crippen LogP contribution in [0.1, 0.15) is 24.3 Å². The maximum atomic E-state index is 3.16. The minimum atomic E-state index is 0.847. The van der Waals surface area contributed by atoms with Gasteiger partial charge in [-0.1, -0.05) is 12.1 Å². The summed E-state index contributed by atoms with van der Waals surface area (Å²) in [5.74, 6) is 0.847. The fourth-order valence-corrected chi connectivity index (χ4v) is 2.48. The molecule has 1 fully saturated rings. The van der Waals surface area contributed by atoms with Gasteiger partial charge in [-0.2, -0.15) is 0 Å².